The smallest absolute Gasteiger partial charge is 0.339 e. The van der Waals surface area contributed by atoms with Crippen molar-refractivity contribution in [2.45, 2.75) is 26.9 Å². The normalized spacial score (nSPS) is 10.3. The topological polar surface area (TPSA) is 113 Å². The summed E-state index contributed by atoms with van der Waals surface area (Å²) in [6.45, 7) is 3.02. The summed E-state index contributed by atoms with van der Waals surface area (Å²) in [5.74, 6) is -2.83. The molecule has 0 saturated heterocycles. The van der Waals surface area contributed by atoms with E-state index in [0.29, 0.717) is 0 Å². The first-order valence-electron chi connectivity index (χ1n) is 9.42. The Balaban J connectivity index is 2.05. The Morgan fingerprint density at radius 1 is 0.645 bits per heavy atom. The van der Waals surface area contributed by atoms with Crippen LogP contribution in [0.25, 0.3) is 0 Å². The van der Waals surface area contributed by atoms with Gasteiger partial charge in [0.15, 0.2) is 17.7 Å². The van der Waals surface area contributed by atoms with Crippen LogP contribution in [0.4, 0.5) is 0 Å². The molecule has 2 aromatic rings. The third kappa shape index (κ3) is 6.60. The summed E-state index contributed by atoms with van der Waals surface area (Å²) in [5.41, 5.74) is 0.542. The number of rotatable bonds is 9. The van der Waals surface area contributed by atoms with Crippen LogP contribution in [-0.2, 0) is 19.0 Å². The lowest BCUT2D eigenvalue weighted by atomic mass is 10.0. The number of hydrogen-bond acceptors (Lipinski definition) is 8. The fraction of sp³-hybridized carbons (Fsp3) is 0.261. The molecule has 162 valence electrons. The lowest BCUT2D eigenvalue weighted by molar-refractivity contribution is -0.151. The van der Waals surface area contributed by atoms with Crippen LogP contribution >= 0.6 is 0 Å². The van der Waals surface area contributed by atoms with Crippen molar-refractivity contribution in [2.24, 2.45) is 0 Å². The SMILES string of the molecule is CC(=O)OC(COC(=O)c1ccccc1C(C)=O)COC(=O)c1ccccc1C(C)=O. The Hall–Kier alpha value is -3.81. The van der Waals surface area contributed by atoms with Crippen LogP contribution in [0.1, 0.15) is 62.2 Å². The predicted molar refractivity (Wildman–Crippen MR) is 109 cm³/mol. The second kappa shape index (κ2) is 10.8. The molecular formula is C23H22O8. The van der Waals surface area contributed by atoms with Crippen molar-refractivity contribution in [3.8, 4) is 0 Å². The van der Waals surface area contributed by atoms with Crippen LogP contribution in [-0.4, -0.2) is 48.8 Å². The highest BCUT2D eigenvalue weighted by molar-refractivity contribution is 6.06. The molecule has 0 radical (unpaired) electrons. The summed E-state index contributed by atoms with van der Waals surface area (Å²) in [6.07, 6.45) is -1.07. The highest BCUT2D eigenvalue weighted by Crippen LogP contribution is 2.13. The summed E-state index contributed by atoms with van der Waals surface area (Å²) < 4.78 is 15.4. The Bertz CT molecular complexity index is 935. The molecule has 8 nitrogen and oxygen atoms in total. The van der Waals surface area contributed by atoms with Gasteiger partial charge in [0.25, 0.3) is 0 Å². The highest BCUT2D eigenvalue weighted by Gasteiger charge is 2.22. The molecule has 0 saturated carbocycles. The molecule has 0 aliphatic heterocycles. The lowest BCUT2D eigenvalue weighted by Gasteiger charge is -2.18. The largest absolute Gasteiger partial charge is 0.458 e. The number of ether oxygens (including phenoxy) is 3. The molecule has 0 unspecified atom stereocenters. The van der Waals surface area contributed by atoms with Crippen molar-refractivity contribution >= 4 is 29.5 Å². The molecule has 0 fully saturated rings. The van der Waals surface area contributed by atoms with Gasteiger partial charge >= 0.3 is 17.9 Å². The van der Waals surface area contributed by atoms with Gasteiger partial charge in [0, 0.05) is 18.1 Å². The fourth-order valence-corrected chi connectivity index (χ4v) is 2.78. The molecule has 0 bridgehead atoms. The van der Waals surface area contributed by atoms with E-state index in [9.17, 15) is 24.0 Å². The zero-order valence-corrected chi connectivity index (χ0v) is 17.4. The Morgan fingerprint density at radius 2 is 1.00 bits per heavy atom. The molecule has 8 heteroatoms. The first-order chi connectivity index (χ1) is 14.7. The number of carbonyl (C=O) groups excluding carboxylic acids is 5. The van der Waals surface area contributed by atoms with E-state index in [0.717, 1.165) is 6.92 Å². The van der Waals surface area contributed by atoms with Gasteiger partial charge in [-0.3, -0.25) is 14.4 Å². The molecule has 2 rings (SSSR count). The van der Waals surface area contributed by atoms with Crippen LogP contribution in [0.5, 0.6) is 0 Å². The maximum absolute atomic E-state index is 12.4. The number of esters is 3. The second-order valence-corrected chi connectivity index (χ2v) is 6.63. The van der Waals surface area contributed by atoms with Crippen molar-refractivity contribution in [1.82, 2.24) is 0 Å². The van der Waals surface area contributed by atoms with E-state index in [1.807, 2.05) is 0 Å². The lowest BCUT2D eigenvalue weighted by Crippen LogP contribution is -2.30. The number of ketones is 2. The highest BCUT2D eigenvalue weighted by atomic mass is 16.6. The predicted octanol–water partition coefficient (Wildman–Crippen LogP) is 3.04. The molecule has 0 aliphatic rings. The van der Waals surface area contributed by atoms with Gasteiger partial charge in [-0.2, -0.15) is 0 Å². The van der Waals surface area contributed by atoms with E-state index in [1.165, 1.54) is 38.1 Å². The molecule has 0 aromatic heterocycles. The quantitative estimate of drug-likeness (QED) is 0.342. The minimum Gasteiger partial charge on any atom is -0.458 e. The number of hydrogen-bond donors (Lipinski definition) is 0. The van der Waals surface area contributed by atoms with E-state index in [1.54, 1.807) is 24.3 Å². The first kappa shape index (κ1) is 23.5. The summed E-state index contributed by atoms with van der Waals surface area (Å²) in [4.78, 5) is 59.5. The Labute approximate surface area is 179 Å². The van der Waals surface area contributed by atoms with E-state index in [-0.39, 0.29) is 33.8 Å². The molecule has 0 atom stereocenters. The number of Topliss-reactive ketones (excluding diaryl/α,β-unsaturated/α-hetero) is 2. The monoisotopic (exact) mass is 426 g/mol. The fourth-order valence-electron chi connectivity index (χ4n) is 2.78. The van der Waals surface area contributed by atoms with E-state index < -0.39 is 37.2 Å². The van der Waals surface area contributed by atoms with Gasteiger partial charge < -0.3 is 14.2 Å². The molecule has 2 aromatic carbocycles. The minimum atomic E-state index is -1.07. The van der Waals surface area contributed by atoms with Gasteiger partial charge in [0.2, 0.25) is 0 Å². The molecule has 0 heterocycles. The number of carbonyl (C=O) groups is 5. The van der Waals surface area contributed by atoms with Gasteiger partial charge in [-0.05, 0) is 26.0 Å². The second-order valence-electron chi connectivity index (χ2n) is 6.63. The zero-order chi connectivity index (χ0) is 23.0. The van der Waals surface area contributed by atoms with Gasteiger partial charge in [0.1, 0.15) is 13.2 Å². The molecule has 0 aliphatic carbocycles. The third-order valence-corrected chi connectivity index (χ3v) is 4.19. The van der Waals surface area contributed by atoms with Crippen molar-refractivity contribution in [3.63, 3.8) is 0 Å². The summed E-state index contributed by atoms with van der Waals surface area (Å²) in [5, 5.41) is 0. The first-order valence-corrected chi connectivity index (χ1v) is 9.42. The minimum absolute atomic E-state index is 0.0731. The number of benzene rings is 2. The van der Waals surface area contributed by atoms with Crippen molar-refractivity contribution < 1.29 is 38.2 Å². The maximum Gasteiger partial charge on any atom is 0.339 e. The van der Waals surface area contributed by atoms with Crippen LogP contribution < -0.4 is 0 Å². The van der Waals surface area contributed by atoms with Gasteiger partial charge in [-0.1, -0.05) is 36.4 Å². The molecular weight excluding hydrogens is 404 g/mol. The van der Waals surface area contributed by atoms with Crippen LogP contribution in [0.3, 0.4) is 0 Å². The average molecular weight is 426 g/mol. The molecule has 31 heavy (non-hydrogen) atoms. The molecule has 0 spiro atoms. The van der Waals surface area contributed by atoms with E-state index in [4.69, 9.17) is 14.2 Å². The van der Waals surface area contributed by atoms with E-state index >= 15 is 0 Å². The molecule has 0 amide bonds. The van der Waals surface area contributed by atoms with Gasteiger partial charge in [-0.25, -0.2) is 9.59 Å². The van der Waals surface area contributed by atoms with Crippen molar-refractivity contribution in [3.05, 3.63) is 70.8 Å². The van der Waals surface area contributed by atoms with Crippen LogP contribution in [0, 0.1) is 0 Å². The Morgan fingerprint density at radius 3 is 1.32 bits per heavy atom. The van der Waals surface area contributed by atoms with Crippen LogP contribution in [0.2, 0.25) is 0 Å². The van der Waals surface area contributed by atoms with Crippen molar-refractivity contribution in [2.75, 3.05) is 13.2 Å². The van der Waals surface area contributed by atoms with Crippen LogP contribution in [0.15, 0.2) is 48.5 Å². The summed E-state index contributed by atoms with van der Waals surface area (Å²) in [6, 6.07) is 12.3. The maximum atomic E-state index is 12.4. The van der Waals surface area contributed by atoms with Gasteiger partial charge in [-0.15, -0.1) is 0 Å². The van der Waals surface area contributed by atoms with Crippen molar-refractivity contribution in [1.29, 1.82) is 0 Å². The Kier molecular flexibility index (Phi) is 8.19. The summed E-state index contributed by atoms with van der Waals surface area (Å²) in [7, 11) is 0. The summed E-state index contributed by atoms with van der Waals surface area (Å²) >= 11 is 0. The van der Waals surface area contributed by atoms with Gasteiger partial charge in [0.05, 0.1) is 11.1 Å². The zero-order valence-electron chi connectivity index (χ0n) is 17.4. The molecule has 0 N–H and O–H groups in total. The average Bonchev–Trinajstić information content (AvgIpc) is 2.74. The third-order valence-electron chi connectivity index (χ3n) is 4.19. The standard InChI is InChI=1S/C23H22O8/c1-14(24)18-8-4-6-10-20(18)22(27)29-12-17(31-16(3)26)13-30-23(28)21-11-7-5-9-19(21)15(2)25/h4-11,17H,12-13H2,1-3H3. The van der Waals surface area contributed by atoms with E-state index in [2.05, 4.69) is 0 Å².